The number of carbonyl (C=O) groups is 3. The van der Waals surface area contributed by atoms with Crippen LogP contribution in [0.15, 0.2) is 78.9 Å². The maximum absolute atomic E-state index is 14.9. The molecule has 2 fully saturated rings. The molecule has 0 unspecified atom stereocenters. The Morgan fingerprint density at radius 1 is 0.900 bits per heavy atom. The van der Waals surface area contributed by atoms with Crippen LogP contribution in [-0.2, 0) is 20.5 Å². The van der Waals surface area contributed by atoms with Crippen LogP contribution < -0.4 is 10.6 Å². The molecule has 0 aromatic heterocycles. The Kier molecular flexibility index (Phi) is 4.79. The van der Waals surface area contributed by atoms with Crippen molar-refractivity contribution in [3.8, 4) is 0 Å². The molecule has 4 aromatic rings. The largest absolute Gasteiger partial charge is 0.325 e. The van der Waals surface area contributed by atoms with Crippen molar-refractivity contribution in [2.75, 3.05) is 17.2 Å². The molecule has 7 heteroatoms. The van der Waals surface area contributed by atoms with Crippen LogP contribution in [0.3, 0.4) is 0 Å². The van der Waals surface area contributed by atoms with E-state index >= 15 is 0 Å². The van der Waals surface area contributed by atoms with E-state index in [0.717, 1.165) is 22.8 Å². The van der Waals surface area contributed by atoms with E-state index in [0.29, 0.717) is 46.1 Å². The molecule has 2 amide bonds. The van der Waals surface area contributed by atoms with Crippen LogP contribution >= 0.6 is 11.6 Å². The highest BCUT2D eigenvalue weighted by Gasteiger charge is 2.81. The zero-order chi connectivity index (χ0) is 27.4. The Balaban J connectivity index is 1.46. The van der Waals surface area contributed by atoms with Crippen LogP contribution in [0.4, 0.5) is 11.4 Å². The third kappa shape index (κ3) is 2.66. The third-order valence-corrected chi connectivity index (χ3v) is 9.90. The molecule has 2 N–H and O–H groups in total. The number of carbonyl (C=O) groups excluding carboxylic acids is 3. The first-order valence-corrected chi connectivity index (χ1v) is 14.1. The molecule has 6 nitrogen and oxygen atoms in total. The van der Waals surface area contributed by atoms with Gasteiger partial charge in [-0.25, -0.2) is 0 Å². The quantitative estimate of drug-likeness (QED) is 0.310. The summed E-state index contributed by atoms with van der Waals surface area (Å²) in [5.41, 5.74) is 1.15. The van der Waals surface area contributed by atoms with Gasteiger partial charge in [-0.1, -0.05) is 66.2 Å². The molecule has 198 valence electrons. The molecule has 8 rings (SSSR count). The first-order valence-electron chi connectivity index (χ1n) is 13.7. The highest BCUT2D eigenvalue weighted by Crippen LogP contribution is 2.68. The molecule has 2 spiro atoms. The number of Topliss-reactive ketones (excluding diaryl/α,β-unsaturated/α-hetero) is 1. The van der Waals surface area contributed by atoms with Gasteiger partial charge >= 0.3 is 0 Å². The van der Waals surface area contributed by atoms with Crippen molar-refractivity contribution in [2.45, 2.75) is 36.8 Å². The van der Waals surface area contributed by atoms with E-state index in [-0.39, 0.29) is 23.6 Å². The van der Waals surface area contributed by atoms with Crippen molar-refractivity contribution in [2.24, 2.45) is 5.92 Å². The monoisotopic (exact) mass is 547 g/mol. The molecule has 0 bridgehead atoms. The number of hydrogen-bond donors (Lipinski definition) is 2. The minimum atomic E-state index is -1.48. The summed E-state index contributed by atoms with van der Waals surface area (Å²) >= 11 is 6.64. The second-order valence-corrected chi connectivity index (χ2v) is 11.9. The van der Waals surface area contributed by atoms with Crippen molar-refractivity contribution in [1.29, 1.82) is 0 Å². The van der Waals surface area contributed by atoms with Gasteiger partial charge in [0.25, 0.3) is 5.91 Å². The Bertz CT molecular complexity index is 1820. The standard InChI is InChI=1S/C33H26ClN3O3/c1-18-15-22(34)17-24-28(18)36-31(40)33(24)32(23-9-4-5-10-25(23)35-30(32)39)27(26-11-6-14-37(26)33)29(38)21-13-12-19-7-2-3-8-20(19)16-21/h2-5,7-10,12-13,15-17,26-27H,6,11,14H2,1H3,(H,35,39)(H,36,40)/t26-,27-,32+,33+/m1/s1. The molecular weight excluding hydrogens is 522 g/mol. The van der Waals surface area contributed by atoms with Gasteiger partial charge in [0, 0.05) is 33.6 Å². The van der Waals surface area contributed by atoms with Crippen molar-refractivity contribution >= 4 is 51.3 Å². The molecule has 4 aliphatic rings. The van der Waals surface area contributed by atoms with Crippen molar-refractivity contribution in [3.05, 3.63) is 106 Å². The smallest absolute Gasteiger partial charge is 0.251 e. The number of ketones is 1. The van der Waals surface area contributed by atoms with Gasteiger partial charge in [0.2, 0.25) is 5.91 Å². The number of halogens is 1. The number of para-hydroxylation sites is 1. The van der Waals surface area contributed by atoms with Gasteiger partial charge in [-0.3, -0.25) is 19.3 Å². The fourth-order valence-electron chi connectivity index (χ4n) is 8.33. The molecule has 0 radical (unpaired) electrons. The Hall–Kier alpha value is -4.00. The van der Waals surface area contributed by atoms with E-state index in [1.54, 1.807) is 0 Å². The number of hydrogen-bond acceptors (Lipinski definition) is 4. The van der Waals surface area contributed by atoms with E-state index in [4.69, 9.17) is 11.6 Å². The SMILES string of the molecule is Cc1cc(Cl)cc2c1NC(=O)[C@@]21N2CCC[C@@H]2[C@H](C(=O)c2ccc3ccccc3c2)[C@@]12C(=O)Nc1ccccc12. The molecule has 4 aliphatic heterocycles. The average Bonchev–Trinajstić information content (AvgIpc) is 3.67. The highest BCUT2D eigenvalue weighted by atomic mass is 35.5. The number of amides is 2. The Labute approximate surface area is 236 Å². The summed E-state index contributed by atoms with van der Waals surface area (Å²) in [6.07, 6.45) is 1.54. The van der Waals surface area contributed by atoms with Crippen molar-refractivity contribution in [1.82, 2.24) is 4.90 Å². The van der Waals surface area contributed by atoms with Crippen LogP contribution in [0.5, 0.6) is 0 Å². The summed E-state index contributed by atoms with van der Waals surface area (Å²) in [5, 5.41) is 8.71. The topological polar surface area (TPSA) is 78.5 Å². The van der Waals surface area contributed by atoms with E-state index in [1.807, 2.05) is 85.8 Å². The lowest BCUT2D eigenvalue weighted by atomic mass is 9.57. The van der Waals surface area contributed by atoms with Crippen LogP contribution in [0.1, 0.15) is 39.9 Å². The summed E-state index contributed by atoms with van der Waals surface area (Å²) in [6.45, 7) is 2.51. The number of rotatable bonds is 2. The van der Waals surface area contributed by atoms with E-state index in [1.165, 1.54) is 0 Å². The third-order valence-electron chi connectivity index (χ3n) is 9.68. The molecule has 0 aliphatic carbocycles. The van der Waals surface area contributed by atoms with E-state index in [9.17, 15) is 14.4 Å². The number of nitrogens with one attached hydrogen (secondary N) is 2. The molecule has 2 saturated heterocycles. The fourth-order valence-corrected chi connectivity index (χ4v) is 8.61. The lowest BCUT2D eigenvalue weighted by Crippen LogP contribution is -2.62. The van der Waals surface area contributed by atoms with Gasteiger partial charge in [0.15, 0.2) is 5.78 Å². The molecule has 4 atom stereocenters. The van der Waals surface area contributed by atoms with Gasteiger partial charge in [-0.2, -0.15) is 0 Å². The van der Waals surface area contributed by atoms with Gasteiger partial charge in [0.1, 0.15) is 11.0 Å². The summed E-state index contributed by atoms with van der Waals surface area (Å²) in [5.74, 6) is -1.49. The van der Waals surface area contributed by atoms with Crippen LogP contribution in [0.25, 0.3) is 10.8 Å². The van der Waals surface area contributed by atoms with E-state index < -0.39 is 16.9 Å². The molecule has 0 saturated carbocycles. The molecule has 40 heavy (non-hydrogen) atoms. The summed E-state index contributed by atoms with van der Waals surface area (Å²) in [7, 11) is 0. The predicted molar refractivity (Wildman–Crippen MR) is 155 cm³/mol. The lowest BCUT2D eigenvalue weighted by Gasteiger charge is -2.43. The zero-order valence-electron chi connectivity index (χ0n) is 21.8. The van der Waals surface area contributed by atoms with Gasteiger partial charge in [-0.05, 0) is 72.5 Å². The normalized spacial score (nSPS) is 28.1. The maximum atomic E-state index is 14.9. The first-order chi connectivity index (χ1) is 19.4. The Morgan fingerprint density at radius 2 is 1.68 bits per heavy atom. The molecular formula is C33H26ClN3O3. The van der Waals surface area contributed by atoms with Crippen molar-refractivity contribution in [3.63, 3.8) is 0 Å². The predicted octanol–water partition coefficient (Wildman–Crippen LogP) is 5.82. The van der Waals surface area contributed by atoms with Crippen LogP contribution in [-0.4, -0.2) is 35.1 Å². The summed E-state index contributed by atoms with van der Waals surface area (Å²) in [6, 6.07) is 24.5. The maximum Gasteiger partial charge on any atom is 0.251 e. The van der Waals surface area contributed by atoms with Gasteiger partial charge < -0.3 is 10.6 Å². The number of benzene rings is 4. The van der Waals surface area contributed by atoms with Crippen LogP contribution in [0, 0.1) is 12.8 Å². The minimum absolute atomic E-state index is 0.119. The second-order valence-electron chi connectivity index (χ2n) is 11.4. The zero-order valence-corrected chi connectivity index (χ0v) is 22.6. The van der Waals surface area contributed by atoms with Gasteiger partial charge in [-0.15, -0.1) is 0 Å². The number of anilines is 2. The summed E-state index contributed by atoms with van der Waals surface area (Å²) < 4.78 is 0. The Morgan fingerprint density at radius 3 is 2.52 bits per heavy atom. The van der Waals surface area contributed by atoms with Crippen molar-refractivity contribution < 1.29 is 14.4 Å². The highest BCUT2D eigenvalue weighted by molar-refractivity contribution is 6.31. The number of aryl methyl sites for hydroxylation is 1. The minimum Gasteiger partial charge on any atom is -0.325 e. The lowest BCUT2D eigenvalue weighted by molar-refractivity contribution is -0.137. The fraction of sp³-hybridized carbons (Fsp3) is 0.242. The average molecular weight is 548 g/mol. The second kappa shape index (κ2) is 8.03. The molecule has 4 aromatic carbocycles. The van der Waals surface area contributed by atoms with Crippen LogP contribution in [0.2, 0.25) is 5.02 Å². The molecule has 4 heterocycles. The summed E-state index contributed by atoms with van der Waals surface area (Å²) in [4.78, 5) is 46.2. The van der Waals surface area contributed by atoms with E-state index in [2.05, 4.69) is 15.5 Å². The van der Waals surface area contributed by atoms with Gasteiger partial charge in [0.05, 0.1) is 5.92 Å². The first kappa shape index (κ1) is 23.9. The number of fused-ring (bicyclic) bond motifs is 8. The number of nitrogens with zero attached hydrogens (tertiary/aromatic N) is 1.